The van der Waals surface area contributed by atoms with E-state index < -0.39 is 0 Å². The molecule has 2 heterocycles. The number of hydrogen-bond acceptors (Lipinski definition) is 4. The zero-order valence-electron chi connectivity index (χ0n) is 12.7. The summed E-state index contributed by atoms with van der Waals surface area (Å²) in [5, 5.41) is 3.59. The lowest BCUT2D eigenvalue weighted by molar-refractivity contribution is -0.0253. The van der Waals surface area contributed by atoms with Gasteiger partial charge < -0.3 is 15.0 Å². The van der Waals surface area contributed by atoms with Crippen molar-refractivity contribution in [2.75, 3.05) is 52.9 Å². The van der Waals surface area contributed by atoms with Gasteiger partial charge in [-0.1, -0.05) is 13.3 Å². The minimum absolute atomic E-state index is 0.387. The average Bonchev–Trinajstić information content (AvgIpc) is 2.45. The number of likely N-dealkylation sites (tertiary alicyclic amines) is 1. The zero-order chi connectivity index (χ0) is 13.5. The van der Waals surface area contributed by atoms with Crippen LogP contribution in [0.2, 0.25) is 0 Å². The van der Waals surface area contributed by atoms with Gasteiger partial charge in [-0.2, -0.15) is 0 Å². The van der Waals surface area contributed by atoms with Crippen LogP contribution >= 0.6 is 0 Å². The molecule has 0 bridgehead atoms. The molecule has 19 heavy (non-hydrogen) atoms. The first kappa shape index (κ1) is 15.2. The van der Waals surface area contributed by atoms with E-state index in [1.54, 1.807) is 0 Å². The highest BCUT2D eigenvalue weighted by Crippen LogP contribution is 2.17. The highest BCUT2D eigenvalue weighted by Gasteiger charge is 2.20. The second kappa shape index (κ2) is 8.20. The summed E-state index contributed by atoms with van der Waals surface area (Å²) in [6.07, 6.45) is 5.83. The topological polar surface area (TPSA) is 27.7 Å². The Labute approximate surface area is 118 Å². The lowest BCUT2D eigenvalue weighted by Crippen LogP contribution is -2.47. The Bertz CT molecular complexity index is 250. The summed E-state index contributed by atoms with van der Waals surface area (Å²) in [7, 11) is 2.27. The molecule has 0 radical (unpaired) electrons. The van der Waals surface area contributed by atoms with Crippen LogP contribution in [0, 0.1) is 0 Å². The molecule has 0 spiro atoms. The molecule has 0 aromatic carbocycles. The first-order valence-corrected chi connectivity index (χ1v) is 8.04. The SMILES string of the molecule is CCN1CCOC(CNCCC2CCCCN2C)C1. The monoisotopic (exact) mass is 269 g/mol. The van der Waals surface area contributed by atoms with E-state index in [0.717, 1.165) is 45.4 Å². The molecule has 1 N–H and O–H groups in total. The van der Waals surface area contributed by atoms with Gasteiger partial charge in [0.2, 0.25) is 0 Å². The lowest BCUT2D eigenvalue weighted by Gasteiger charge is -2.34. The molecule has 4 nitrogen and oxygen atoms in total. The molecule has 2 fully saturated rings. The van der Waals surface area contributed by atoms with Crippen LogP contribution in [0.3, 0.4) is 0 Å². The standard InChI is InChI=1S/C15H31N3O/c1-3-18-10-11-19-15(13-18)12-16-8-7-14-6-4-5-9-17(14)2/h14-16H,3-13H2,1-2H3. The first-order chi connectivity index (χ1) is 9.29. The number of likely N-dealkylation sites (N-methyl/N-ethyl adjacent to an activating group) is 1. The van der Waals surface area contributed by atoms with Crippen LogP contribution in [0.15, 0.2) is 0 Å². The molecule has 0 amide bonds. The third kappa shape index (κ3) is 5.03. The van der Waals surface area contributed by atoms with Crippen molar-refractivity contribution in [3.8, 4) is 0 Å². The second-order valence-electron chi connectivity index (χ2n) is 6.01. The number of nitrogens with one attached hydrogen (secondary N) is 1. The van der Waals surface area contributed by atoms with Crippen molar-refractivity contribution in [3.63, 3.8) is 0 Å². The van der Waals surface area contributed by atoms with Crippen LogP contribution in [0.4, 0.5) is 0 Å². The fraction of sp³-hybridized carbons (Fsp3) is 1.00. The number of ether oxygens (including phenoxy) is 1. The van der Waals surface area contributed by atoms with Gasteiger partial charge in [0.15, 0.2) is 0 Å². The molecule has 0 aromatic rings. The predicted octanol–water partition coefficient (Wildman–Crippen LogP) is 1.17. The van der Waals surface area contributed by atoms with E-state index in [0.29, 0.717) is 6.10 Å². The van der Waals surface area contributed by atoms with Gasteiger partial charge in [-0.05, 0) is 45.9 Å². The first-order valence-electron chi connectivity index (χ1n) is 8.04. The third-order valence-electron chi connectivity index (χ3n) is 4.62. The summed E-state index contributed by atoms with van der Waals surface area (Å²) in [4.78, 5) is 5.01. The molecule has 2 atom stereocenters. The molecule has 0 aliphatic carbocycles. The molecule has 0 aromatic heterocycles. The number of hydrogen-bond donors (Lipinski definition) is 1. The normalized spacial score (nSPS) is 30.6. The Morgan fingerprint density at radius 1 is 1.26 bits per heavy atom. The molecule has 2 aliphatic heterocycles. The van der Waals surface area contributed by atoms with Crippen molar-refractivity contribution in [3.05, 3.63) is 0 Å². The van der Waals surface area contributed by atoms with Gasteiger partial charge in [-0.25, -0.2) is 0 Å². The Morgan fingerprint density at radius 3 is 2.95 bits per heavy atom. The lowest BCUT2D eigenvalue weighted by atomic mass is 10.0. The smallest absolute Gasteiger partial charge is 0.0826 e. The summed E-state index contributed by atoms with van der Waals surface area (Å²) in [5.74, 6) is 0. The number of nitrogens with zero attached hydrogens (tertiary/aromatic N) is 2. The molecular weight excluding hydrogens is 238 g/mol. The van der Waals surface area contributed by atoms with Crippen molar-refractivity contribution in [1.82, 2.24) is 15.1 Å². The minimum Gasteiger partial charge on any atom is -0.374 e. The Kier molecular flexibility index (Phi) is 6.57. The third-order valence-corrected chi connectivity index (χ3v) is 4.62. The van der Waals surface area contributed by atoms with Gasteiger partial charge in [0.1, 0.15) is 0 Å². The van der Waals surface area contributed by atoms with Crippen molar-refractivity contribution in [1.29, 1.82) is 0 Å². The summed E-state index contributed by atoms with van der Waals surface area (Å²) < 4.78 is 5.81. The van der Waals surface area contributed by atoms with Gasteiger partial charge in [-0.3, -0.25) is 4.90 Å². The van der Waals surface area contributed by atoms with Crippen LogP contribution in [0.5, 0.6) is 0 Å². The van der Waals surface area contributed by atoms with Gasteiger partial charge in [0.25, 0.3) is 0 Å². The van der Waals surface area contributed by atoms with Crippen molar-refractivity contribution < 1.29 is 4.74 Å². The van der Waals surface area contributed by atoms with Crippen LogP contribution in [0.1, 0.15) is 32.6 Å². The summed E-state index contributed by atoms with van der Waals surface area (Å²) in [5.41, 5.74) is 0. The molecule has 2 unspecified atom stereocenters. The van der Waals surface area contributed by atoms with Crippen LogP contribution < -0.4 is 5.32 Å². The van der Waals surface area contributed by atoms with E-state index in [-0.39, 0.29) is 0 Å². The van der Waals surface area contributed by atoms with Crippen molar-refractivity contribution in [2.45, 2.75) is 44.8 Å². The van der Waals surface area contributed by atoms with Crippen LogP contribution in [-0.2, 0) is 4.74 Å². The molecule has 4 heteroatoms. The predicted molar refractivity (Wildman–Crippen MR) is 79.6 cm³/mol. The average molecular weight is 269 g/mol. The maximum absolute atomic E-state index is 5.81. The maximum atomic E-state index is 5.81. The van der Waals surface area contributed by atoms with E-state index in [1.165, 1.54) is 32.2 Å². The number of morpholine rings is 1. The van der Waals surface area contributed by atoms with Gasteiger partial charge in [0, 0.05) is 25.7 Å². The highest BCUT2D eigenvalue weighted by atomic mass is 16.5. The Hall–Kier alpha value is -0.160. The van der Waals surface area contributed by atoms with E-state index in [4.69, 9.17) is 4.74 Å². The summed E-state index contributed by atoms with van der Waals surface area (Å²) in [6.45, 7) is 9.87. The van der Waals surface area contributed by atoms with E-state index >= 15 is 0 Å². The summed E-state index contributed by atoms with van der Waals surface area (Å²) in [6, 6.07) is 0.792. The second-order valence-corrected chi connectivity index (χ2v) is 6.01. The zero-order valence-corrected chi connectivity index (χ0v) is 12.7. The fourth-order valence-electron chi connectivity index (χ4n) is 3.23. The van der Waals surface area contributed by atoms with Crippen LogP contribution in [-0.4, -0.2) is 74.9 Å². The highest BCUT2D eigenvalue weighted by molar-refractivity contribution is 4.76. The van der Waals surface area contributed by atoms with E-state index in [1.807, 2.05) is 0 Å². The summed E-state index contributed by atoms with van der Waals surface area (Å²) >= 11 is 0. The minimum atomic E-state index is 0.387. The Balaban J connectivity index is 1.56. The fourth-order valence-corrected chi connectivity index (χ4v) is 3.23. The molecular formula is C15H31N3O. The van der Waals surface area contributed by atoms with E-state index in [9.17, 15) is 0 Å². The maximum Gasteiger partial charge on any atom is 0.0826 e. The van der Waals surface area contributed by atoms with Gasteiger partial charge in [0.05, 0.1) is 12.7 Å². The number of rotatable bonds is 6. The van der Waals surface area contributed by atoms with Crippen molar-refractivity contribution in [2.24, 2.45) is 0 Å². The van der Waals surface area contributed by atoms with Gasteiger partial charge >= 0.3 is 0 Å². The molecule has 112 valence electrons. The Morgan fingerprint density at radius 2 is 2.16 bits per heavy atom. The van der Waals surface area contributed by atoms with E-state index in [2.05, 4.69) is 29.1 Å². The molecule has 2 aliphatic rings. The quantitative estimate of drug-likeness (QED) is 0.733. The van der Waals surface area contributed by atoms with Gasteiger partial charge in [-0.15, -0.1) is 0 Å². The molecule has 2 rings (SSSR count). The molecule has 0 saturated carbocycles. The largest absolute Gasteiger partial charge is 0.374 e. The number of piperidine rings is 1. The van der Waals surface area contributed by atoms with Crippen molar-refractivity contribution >= 4 is 0 Å². The molecule has 2 saturated heterocycles. The van der Waals surface area contributed by atoms with Crippen LogP contribution in [0.25, 0.3) is 0 Å².